The van der Waals surface area contributed by atoms with Crippen molar-refractivity contribution in [1.82, 2.24) is 19.7 Å². The molecule has 0 fully saturated rings. The molecule has 0 aliphatic rings. The maximum absolute atomic E-state index is 13.2. The van der Waals surface area contributed by atoms with Gasteiger partial charge in [0.1, 0.15) is 0 Å². The van der Waals surface area contributed by atoms with Gasteiger partial charge in [0.05, 0.1) is 5.56 Å². The average molecular weight is 449 g/mol. The molecule has 0 radical (unpaired) electrons. The number of para-hydroxylation sites is 1. The third kappa shape index (κ3) is 3.71. The van der Waals surface area contributed by atoms with Gasteiger partial charge in [0.2, 0.25) is 5.82 Å². The SMILES string of the molecule is O=C(c1nc(-c2cccnc2)no1)c1cn(Cc2ccc(Cl)cc2Cl)c2ccccc12. The summed E-state index contributed by atoms with van der Waals surface area (Å²) in [4.78, 5) is 21.5. The molecule has 6 nitrogen and oxygen atoms in total. The minimum Gasteiger partial charge on any atom is -0.342 e. The number of ketones is 1. The van der Waals surface area contributed by atoms with Gasteiger partial charge in [-0.05, 0) is 35.9 Å². The summed E-state index contributed by atoms with van der Waals surface area (Å²) in [5, 5.41) is 5.85. The van der Waals surface area contributed by atoms with Gasteiger partial charge in [0, 0.05) is 51.6 Å². The zero-order valence-corrected chi connectivity index (χ0v) is 17.5. The minimum absolute atomic E-state index is 0.0775. The van der Waals surface area contributed by atoms with Crippen LogP contribution in [-0.2, 0) is 6.54 Å². The fourth-order valence-corrected chi connectivity index (χ4v) is 3.90. The molecule has 3 heterocycles. The van der Waals surface area contributed by atoms with Crippen LogP contribution in [0, 0.1) is 0 Å². The highest BCUT2D eigenvalue weighted by Gasteiger charge is 2.23. The quantitative estimate of drug-likeness (QED) is 0.323. The Hall–Kier alpha value is -3.48. The lowest BCUT2D eigenvalue weighted by atomic mass is 10.1. The highest BCUT2D eigenvalue weighted by molar-refractivity contribution is 6.35. The molecule has 152 valence electrons. The second kappa shape index (κ2) is 7.98. The van der Waals surface area contributed by atoms with Crippen molar-refractivity contribution < 1.29 is 9.32 Å². The molecular weight excluding hydrogens is 435 g/mol. The van der Waals surface area contributed by atoms with Crippen LogP contribution in [0.25, 0.3) is 22.3 Å². The summed E-state index contributed by atoms with van der Waals surface area (Å²) >= 11 is 12.4. The second-order valence-electron chi connectivity index (χ2n) is 6.92. The van der Waals surface area contributed by atoms with Crippen LogP contribution in [-0.4, -0.2) is 25.5 Å². The van der Waals surface area contributed by atoms with Crippen LogP contribution in [0.15, 0.2) is 77.7 Å². The van der Waals surface area contributed by atoms with Gasteiger partial charge in [-0.15, -0.1) is 0 Å². The highest BCUT2D eigenvalue weighted by Crippen LogP contribution is 2.27. The fourth-order valence-electron chi connectivity index (χ4n) is 3.44. The molecule has 0 saturated carbocycles. The Balaban J connectivity index is 1.53. The standard InChI is InChI=1S/C23H14Cl2N4O2/c24-16-8-7-15(19(25)10-16)12-29-13-18(17-5-1-2-6-20(17)29)21(30)23-27-22(28-31-23)14-4-3-9-26-11-14/h1-11,13H,12H2. The predicted octanol–water partition coefficient (Wildman–Crippen LogP) is 5.67. The van der Waals surface area contributed by atoms with Crippen LogP contribution in [0.3, 0.4) is 0 Å². The summed E-state index contributed by atoms with van der Waals surface area (Å²) in [7, 11) is 0. The first-order valence-electron chi connectivity index (χ1n) is 9.41. The van der Waals surface area contributed by atoms with Gasteiger partial charge in [-0.3, -0.25) is 9.78 Å². The first kappa shape index (κ1) is 19.5. The van der Waals surface area contributed by atoms with Crippen LogP contribution in [0.1, 0.15) is 21.8 Å². The van der Waals surface area contributed by atoms with E-state index in [2.05, 4.69) is 15.1 Å². The van der Waals surface area contributed by atoms with Crippen LogP contribution in [0.4, 0.5) is 0 Å². The zero-order valence-electron chi connectivity index (χ0n) is 16.0. The van der Waals surface area contributed by atoms with Crippen molar-refractivity contribution >= 4 is 39.9 Å². The number of carbonyl (C=O) groups excluding carboxylic acids is 1. The molecule has 0 unspecified atom stereocenters. The number of carbonyl (C=O) groups is 1. The van der Waals surface area contributed by atoms with E-state index in [0.29, 0.717) is 33.5 Å². The smallest absolute Gasteiger partial charge is 0.299 e. The third-order valence-electron chi connectivity index (χ3n) is 4.93. The van der Waals surface area contributed by atoms with E-state index in [-0.39, 0.29) is 11.7 Å². The first-order valence-corrected chi connectivity index (χ1v) is 10.2. The van der Waals surface area contributed by atoms with Crippen molar-refractivity contribution in [3.63, 3.8) is 0 Å². The Kier molecular flexibility index (Phi) is 5.02. The Labute approximate surface area is 187 Å². The molecule has 5 aromatic rings. The molecule has 0 spiro atoms. The zero-order chi connectivity index (χ0) is 21.4. The van der Waals surface area contributed by atoms with Crippen LogP contribution in [0.5, 0.6) is 0 Å². The summed E-state index contributed by atoms with van der Waals surface area (Å²) in [6.45, 7) is 0.481. The molecule has 0 saturated heterocycles. The van der Waals surface area contributed by atoms with Gasteiger partial charge in [-0.25, -0.2) is 0 Å². The number of hydrogen-bond donors (Lipinski definition) is 0. The van der Waals surface area contributed by atoms with E-state index in [1.165, 1.54) is 0 Å². The largest absolute Gasteiger partial charge is 0.342 e. The normalized spacial score (nSPS) is 11.2. The molecule has 0 amide bonds. The van der Waals surface area contributed by atoms with Gasteiger partial charge >= 0.3 is 0 Å². The highest BCUT2D eigenvalue weighted by atomic mass is 35.5. The van der Waals surface area contributed by atoms with Crippen molar-refractivity contribution in [3.8, 4) is 11.4 Å². The molecular formula is C23H14Cl2N4O2. The molecule has 2 aromatic carbocycles. The predicted molar refractivity (Wildman–Crippen MR) is 118 cm³/mol. The number of nitrogens with zero attached hydrogens (tertiary/aromatic N) is 4. The topological polar surface area (TPSA) is 73.8 Å². The van der Waals surface area contributed by atoms with Crippen LogP contribution < -0.4 is 0 Å². The van der Waals surface area contributed by atoms with Gasteiger partial charge in [0.15, 0.2) is 0 Å². The molecule has 8 heteroatoms. The van der Waals surface area contributed by atoms with Crippen LogP contribution in [0.2, 0.25) is 10.0 Å². The number of hydrogen-bond acceptors (Lipinski definition) is 5. The summed E-state index contributed by atoms with van der Waals surface area (Å²) in [6, 6.07) is 16.6. The molecule has 0 atom stereocenters. The third-order valence-corrected chi connectivity index (χ3v) is 5.52. The number of fused-ring (bicyclic) bond motifs is 1. The molecule has 3 aromatic heterocycles. The Morgan fingerprint density at radius 3 is 2.74 bits per heavy atom. The van der Waals surface area contributed by atoms with Gasteiger partial charge in [-0.1, -0.05) is 52.6 Å². The second-order valence-corrected chi connectivity index (χ2v) is 7.76. The summed E-state index contributed by atoms with van der Waals surface area (Å²) in [5.74, 6) is -0.112. The van der Waals surface area contributed by atoms with Crippen molar-refractivity contribution in [2.75, 3.05) is 0 Å². The van der Waals surface area contributed by atoms with E-state index in [1.54, 1.807) is 42.9 Å². The summed E-state index contributed by atoms with van der Waals surface area (Å²) in [5.41, 5.74) is 2.93. The minimum atomic E-state index is -0.347. The lowest BCUT2D eigenvalue weighted by Gasteiger charge is -2.08. The van der Waals surface area contributed by atoms with Crippen molar-refractivity contribution in [2.45, 2.75) is 6.54 Å². The van der Waals surface area contributed by atoms with E-state index in [0.717, 1.165) is 16.5 Å². The van der Waals surface area contributed by atoms with Gasteiger partial charge in [-0.2, -0.15) is 4.98 Å². The number of benzene rings is 2. The molecule has 0 bridgehead atoms. The van der Waals surface area contributed by atoms with Crippen molar-refractivity contribution in [3.05, 3.63) is 100 Å². The van der Waals surface area contributed by atoms with E-state index < -0.39 is 0 Å². The lowest BCUT2D eigenvalue weighted by molar-refractivity contribution is 0.0995. The number of rotatable bonds is 5. The molecule has 5 rings (SSSR count). The molecule has 0 N–H and O–H groups in total. The lowest BCUT2D eigenvalue weighted by Crippen LogP contribution is -2.02. The number of aromatic nitrogens is 4. The van der Waals surface area contributed by atoms with Crippen molar-refractivity contribution in [2.24, 2.45) is 0 Å². The van der Waals surface area contributed by atoms with Gasteiger partial charge < -0.3 is 9.09 Å². The molecule has 0 aliphatic carbocycles. The van der Waals surface area contributed by atoms with Crippen LogP contribution >= 0.6 is 23.2 Å². The Bertz CT molecular complexity index is 1410. The summed E-state index contributed by atoms with van der Waals surface area (Å²) in [6.07, 6.45) is 5.05. The monoisotopic (exact) mass is 448 g/mol. The summed E-state index contributed by atoms with van der Waals surface area (Å²) < 4.78 is 7.23. The number of pyridine rings is 1. The Morgan fingerprint density at radius 2 is 1.94 bits per heavy atom. The Morgan fingerprint density at radius 1 is 1.06 bits per heavy atom. The maximum Gasteiger partial charge on any atom is 0.299 e. The molecule has 31 heavy (non-hydrogen) atoms. The fraction of sp³-hybridized carbons (Fsp3) is 0.0435. The molecule has 0 aliphatic heterocycles. The van der Waals surface area contributed by atoms with E-state index in [4.69, 9.17) is 27.7 Å². The van der Waals surface area contributed by atoms with E-state index in [1.807, 2.05) is 34.9 Å². The average Bonchev–Trinajstić information content (AvgIpc) is 3.42. The maximum atomic E-state index is 13.2. The first-order chi connectivity index (χ1) is 15.1. The van der Waals surface area contributed by atoms with Crippen molar-refractivity contribution in [1.29, 1.82) is 0 Å². The van der Waals surface area contributed by atoms with E-state index >= 15 is 0 Å². The number of halogens is 2. The van der Waals surface area contributed by atoms with E-state index in [9.17, 15) is 4.79 Å². The van der Waals surface area contributed by atoms with Gasteiger partial charge in [0.25, 0.3) is 11.7 Å².